The summed E-state index contributed by atoms with van der Waals surface area (Å²) in [5, 5.41) is 5.12. The van der Waals surface area contributed by atoms with Crippen molar-refractivity contribution < 1.29 is 23.5 Å². The van der Waals surface area contributed by atoms with Crippen molar-refractivity contribution in [2.75, 3.05) is 11.4 Å². The molecule has 3 aliphatic rings. The second-order valence-corrected chi connectivity index (χ2v) is 8.75. The number of ether oxygens (including phenoxy) is 1. The molecule has 0 radical (unpaired) electrons. The minimum Gasteiger partial charge on any atom is -0.372 e. The molecule has 10 heteroatoms. The number of urea groups is 1. The van der Waals surface area contributed by atoms with Gasteiger partial charge in [-0.15, -0.1) is 0 Å². The van der Waals surface area contributed by atoms with E-state index in [1.54, 1.807) is 18.7 Å². The van der Waals surface area contributed by atoms with Crippen LogP contribution in [-0.4, -0.2) is 47.0 Å². The SMILES string of the molecule is Cc1nsc2c(F)c3c(cc12)CC1(C(=O)NC(=O)NC1=O)[C@@H]1[C@@H](C)O[C@@H](C)CN31. The standard InChI is InChI=1S/C19H19FN4O4S/c1-7-6-24-13-10(4-11-8(2)23-29-14(11)12(13)20)5-19(15(24)9(3)28-7)16(25)21-18(27)22-17(19)26/h4,7,9,15H,5-6H2,1-3H3,(H2,21,22,25,26,27)/t7-,9+,15-/m0/s1. The average molecular weight is 418 g/mol. The van der Waals surface area contributed by atoms with E-state index in [0.29, 0.717) is 33.6 Å². The topological polar surface area (TPSA) is 101 Å². The van der Waals surface area contributed by atoms with Crippen LogP contribution in [0.4, 0.5) is 14.9 Å². The highest BCUT2D eigenvalue weighted by atomic mass is 32.1. The third-order valence-corrected chi connectivity index (χ3v) is 7.09. The molecule has 1 aromatic heterocycles. The van der Waals surface area contributed by atoms with Crippen molar-refractivity contribution in [2.45, 2.75) is 45.4 Å². The molecule has 152 valence electrons. The number of rotatable bonds is 0. The summed E-state index contributed by atoms with van der Waals surface area (Å²) < 4.78 is 26.3. The number of morpholine rings is 1. The predicted octanol–water partition coefficient (Wildman–Crippen LogP) is 1.63. The molecule has 0 bridgehead atoms. The highest BCUT2D eigenvalue weighted by Crippen LogP contribution is 2.49. The molecule has 1 aromatic carbocycles. The number of hydrogen-bond donors (Lipinski definition) is 2. The third kappa shape index (κ3) is 2.32. The maximum Gasteiger partial charge on any atom is 0.328 e. The number of aromatic nitrogens is 1. The Hall–Kier alpha value is -2.59. The molecule has 3 atom stereocenters. The van der Waals surface area contributed by atoms with E-state index in [1.807, 2.05) is 13.0 Å². The molecule has 0 unspecified atom stereocenters. The first-order chi connectivity index (χ1) is 13.7. The zero-order valence-electron chi connectivity index (χ0n) is 16.0. The lowest BCUT2D eigenvalue weighted by atomic mass is 9.66. The number of fused-ring (bicyclic) bond motifs is 5. The molecule has 5 rings (SSSR count). The summed E-state index contributed by atoms with van der Waals surface area (Å²) in [5.41, 5.74) is 0.0314. The molecule has 4 heterocycles. The molecule has 0 saturated carbocycles. The first kappa shape index (κ1) is 18.4. The van der Waals surface area contributed by atoms with E-state index in [4.69, 9.17) is 4.74 Å². The fourth-order valence-corrected chi connectivity index (χ4v) is 5.87. The van der Waals surface area contributed by atoms with Gasteiger partial charge in [-0.25, -0.2) is 9.18 Å². The number of carbonyl (C=O) groups excluding carboxylic acids is 3. The molecule has 2 fully saturated rings. The van der Waals surface area contributed by atoms with E-state index in [-0.39, 0.29) is 12.5 Å². The summed E-state index contributed by atoms with van der Waals surface area (Å²) in [4.78, 5) is 39.6. The van der Waals surface area contributed by atoms with E-state index < -0.39 is 41.2 Å². The van der Waals surface area contributed by atoms with Crippen molar-refractivity contribution in [3.63, 3.8) is 0 Å². The van der Waals surface area contributed by atoms with Gasteiger partial charge in [-0.2, -0.15) is 4.37 Å². The second-order valence-electron chi connectivity index (χ2n) is 7.98. The summed E-state index contributed by atoms with van der Waals surface area (Å²) in [6.07, 6.45) is -0.785. The molecule has 4 amide bonds. The Balaban J connectivity index is 1.79. The van der Waals surface area contributed by atoms with Crippen molar-refractivity contribution in [2.24, 2.45) is 5.41 Å². The van der Waals surface area contributed by atoms with Crippen LogP contribution < -0.4 is 15.5 Å². The number of imide groups is 2. The first-order valence-electron chi connectivity index (χ1n) is 9.40. The zero-order chi connectivity index (χ0) is 20.7. The van der Waals surface area contributed by atoms with E-state index in [9.17, 15) is 14.4 Å². The van der Waals surface area contributed by atoms with Gasteiger partial charge in [0.2, 0.25) is 11.8 Å². The second kappa shape index (κ2) is 5.96. The van der Waals surface area contributed by atoms with Gasteiger partial charge in [0, 0.05) is 18.4 Å². The van der Waals surface area contributed by atoms with Crippen LogP contribution in [0.2, 0.25) is 0 Å². The Labute approximate surface area is 169 Å². The maximum absolute atomic E-state index is 15.6. The Morgan fingerprint density at radius 1 is 1.28 bits per heavy atom. The van der Waals surface area contributed by atoms with E-state index in [2.05, 4.69) is 15.0 Å². The average Bonchev–Trinajstić information content (AvgIpc) is 3.00. The van der Waals surface area contributed by atoms with Gasteiger partial charge in [-0.3, -0.25) is 20.2 Å². The molecule has 1 spiro atoms. The molecule has 2 saturated heterocycles. The fraction of sp³-hybridized carbons (Fsp3) is 0.474. The van der Waals surface area contributed by atoms with Crippen LogP contribution >= 0.6 is 11.5 Å². The number of carbonyl (C=O) groups is 3. The first-order valence-corrected chi connectivity index (χ1v) is 10.2. The van der Waals surface area contributed by atoms with Crippen LogP contribution in [0.5, 0.6) is 0 Å². The lowest BCUT2D eigenvalue weighted by Crippen LogP contribution is -2.75. The molecule has 0 aliphatic carbocycles. The summed E-state index contributed by atoms with van der Waals surface area (Å²) in [6, 6.07) is 0.215. The maximum atomic E-state index is 15.6. The minimum absolute atomic E-state index is 0.0291. The van der Waals surface area contributed by atoms with Gasteiger partial charge in [0.25, 0.3) is 0 Å². The van der Waals surface area contributed by atoms with Crippen molar-refractivity contribution in [1.29, 1.82) is 0 Å². The van der Waals surface area contributed by atoms with Crippen LogP contribution in [0.25, 0.3) is 10.1 Å². The van der Waals surface area contributed by atoms with Crippen molar-refractivity contribution >= 4 is 45.2 Å². The number of halogens is 1. The van der Waals surface area contributed by atoms with Crippen molar-refractivity contribution in [3.8, 4) is 0 Å². The summed E-state index contributed by atoms with van der Waals surface area (Å²) in [6.45, 7) is 5.75. The van der Waals surface area contributed by atoms with E-state index >= 15 is 4.39 Å². The fourth-order valence-electron chi connectivity index (χ4n) is 5.06. The van der Waals surface area contributed by atoms with Gasteiger partial charge in [-0.05, 0) is 43.9 Å². The molecular weight excluding hydrogens is 399 g/mol. The number of anilines is 1. The molecule has 2 N–H and O–H groups in total. The van der Waals surface area contributed by atoms with E-state index in [0.717, 1.165) is 11.5 Å². The van der Waals surface area contributed by atoms with Gasteiger partial charge in [0.05, 0.1) is 34.3 Å². The molecular formula is C19H19FN4O4S. The Kier molecular flexibility index (Phi) is 3.79. The third-order valence-electron chi connectivity index (χ3n) is 6.15. The number of barbiturate groups is 1. The normalized spacial score (nSPS) is 28.2. The largest absolute Gasteiger partial charge is 0.372 e. The lowest BCUT2D eigenvalue weighted by Gasteiger charge is -2.55. The minimum atomic E-state index is -1.60. The van der Waals surface area contributed by atoms with Gasteiger partial charge in [0.1, 0.15) is 0 Å². The van der Waals surface area contributed by atoms with Crippen LogP contribution in [0.3, 0.4) is 0 Å². The summed E-state index contributed by atoms with van der Waals surface area (Å²) in [7, 11) is 0. The molecule has 29 heavy (non-hydrogen) atoms. The predicted molar refractivity (Wildman–Crippen MR) is 103 cm³/mol. The number of nitrogens with zero attached hydrogens (tertiary/aromatic N) is 2. The summed E-state index contributed by atoms with van der Waals surface area (Å²) in [5.74, 6) is -1.76. The van der Waals surface area contributed by atoms with Gasteiger partial charge in [-0.1, -0.05) is 0 Å². The monoisotopic (exact) mass is 418 g/mol. The molecule has 8 nitrogen and oxygen atoms in total. The highest BCUT2D eigenvalue weighted by molar-refractivity contribution is 7.13. The number of hydrogen-bond acceptors (Lipinski definition) is 7. The van der Waals surface area contributed by atoms with Gasteiger partial charge < -0.3 is 9.64 Å². The Morgan fingerprint density at radius 2 is 1.97 bits per heavy atom. The zero-order valence-corrected chi connectivity index (χ0v) is 16.9. The van der Waals surface area contributed by atoms with Crippen LogP contribution in [-0.2, 0) is 20.7 Å². The van der Waals surface area contributed by atoms with E-state index in [1.165, 1.54) is 0 Å². The van der Waals surface area contributed by atoms with Gasteiger partial charge in [0.15, 0.2) is 11.2 Å². The molecule has 2 aromatic rings. The van der Waals surface area contributed by atoms with Crippen LogP contribution in [0, 0.1) is 18.2 Å². The van der Waals surface area contributed by atoms with Gasteiger partial charge >= 0.3 is 6.03 Å². The Bertz CT molecular complexity index is 1080. The summed E-state index contributed by atoms with van der Waals surface area (Å²) >= 11 is 1.10. The smallest absolute Gasteiger partial charge is 0.328 e. The Morgan fingerprint density at radius 3 is 2.66 bits per heavy atom. The highest BCUT2D eigenvalue weighted by Gasteiger charge is 2.63. The van der Waals surface area contributed by atoms with Crippen molar-refractivity contribution in [1.82, 2.24) is 15.0 Å². The number of amides is 4. The van der Waals surface area contributed by atoms with Crippen LogP contribution in [0.15, 0.2) is 6.07 Å². The quantitative estimate of drug-likeness (QED) is 0.631. The number of nitrogens with one attached hydrogen (secondary N) is 2. The lowest BCUT2D eigenvalue weighted by molar-refractivity contribution is -0.153. The number of benzene rings is 1. The number of aryl methyl sites for hydroxylation is 1. The van der Waals surface area contributed by atoms with Crippen molar-refractivity contribution in [3.05, 3.63) is 23.1 Å². The molecule has 3 aliphatic heterocycles. The van der Waals surface area contributed by atoms with Crippen LogP contribution in [0.1, 0.15) is 25.1 Å².